The van der Waals surface area contributed by atoms with E-state index < -0.39 is 0 Å². The Morgan fingerprint density at radius 3 is 0.785 bits per heavy atom. The summed E-state index contributed by atoms with van der Waals surface area (Å²) < 4.78 is 5.47. The number of aldehydes is 5. The van der Waals surface area contributed by atoms with Crippen LogP contribution in [0.1, 0.15) is 413 Å². The number of hydrogen-bond donors (Lipinski definition) is 1. The number of hydrogen-bond acceptors (Lipinski definition) is 22. The minimum Gasteiger partial charge on any atom is -0.496 e. The van der Waals surface area contributed by atoms with Crippen LogP contribution in [0.3, 0.4) is 0 Å². The fraction of sp³-hybridized carbons (Fsp3) is 0.590. The van der Waals surface area contributed by atoms with Gasteiger partial charge in [-0.25, -0.2) is 24.9 Å². The van der Waals surface area contributed by atoms with Crippen molar-refractivity contribution in [1.82, 2.24) is 24.9 Å². The van der Waals surface area contributed by atoms with Crippen molar-refractivity contribution in [3.63, 3.8) is 0 Å². The number of aliphatic hydroxyl groups excluding tert-OH is 1. The summed E-state index contributed by atoms with van der Waals surface area (Å²) in [5.41, 5.74) is 23.6. The number of thiazole rings is 5. The Hall–Kier alpha value is -8.64. The number of aromatic nitrogens is 5. The second-order valence-corrected chi connectivity index (χ2v) is 44.6. The van der Waals surface area contributed by atoms with Crippen molar-refractivity contribution in [3.05, 3.63) is 164 Å². The van der Waals surface area contributed by atoms with E-state index in [1.54, 1.807) is 41.1 Å². The first-order valence-corrected chi connectivity index (χ1v) is 59.5. The number of nitrogens with zero attached hydrogens (tertiary/aromatic N) is 10. The minimum atomic E-state index is -0.132. The maximum absolute atomic E-state index is 12.1. The molecular weight excluding hydrogens is 1880 g/mol. The van der Waals surface area contributed by atoms with Crippen LogP contribution in [-0.4, -0.2) is 134 Å². The number of carbonyl (C=O) groups excluding carboxylic acids is 5. The van der Waals surface area contributed by atoms with Gasteiger partial charge in [0.1, 0.15) is 5.75 Å². The quantitative estimate of drug-likeness (QED) is 0.0353. The Morgan fingerprint density at radius 1 is 0.299 bits per heavy atom. The monoisotopic (exact) mass is 2060 g/mol. The van der Waals surface area contributed by atoms with Gasteiger partial charge in [0.15, 0.2) is 57.1 Å². The smallest absolute Gasteiger partial charge is 0.186 e. The third kappa shape index (κ3) is 37.0. The van der Waals surface area contributed by atoms with Gasteiger partial charge in [0.05, 0.1) is 66.6 Å². The van der Waals surface area contributed by atoms with E-state index in [9.17, 15) is 29.1 Å². The molecule has 0 saturated carbocycles. The zero-order chi connectivity index (χ0) is 106. The topological polar surface area (TPSA) is 195 Å². The van der Waals surface area contributed by atoms with Crippen molar-refractivity contribution in [3.8, 4) is 62.0 Å². The summed E-state index contributed by atoms with van der Waals surface area (Å²) in [6.45, 7) is 65.0. The van der Waals surface area contributed by atoms with E-state index >= 15 is 0 Å². The third-order valence-electron chi connectivity index (χ3n) is 27.9. The molecule has 10 aromatic rings. The average molecular weight is 2060 g/mol. The van der Waals surface area contributed by atoms with Gasteiger partial charge in [-0.05, 0) is 224 Å². The van der Waals surface area contributed by atoms with Gasteiger partial charge in [0.2, 0.25) is 0 Å². The van der Waals surface area contributed by atoms with Gasteiger partial charge in [-0.15, -0.1) is 0 Å². The highest BCUT2D eigenvalue weighted by atomic mass is 32.1. The predicted octanol–water partition coefficient (Wildman–Crippen LogP) is 34.5. The van der Waals surface area contributed by atoms with Gasteiger partial charge in [-0.3, -0.25) is 24.0 Å². The molecule has 0 spiro atoms. The van der Waals surface area contributed by atoms with Gasteiger partial charge < -0.3 is 34.3 Å². The summed E-state index contributed by atoms with van der Waals surface area (Å²) in [5.74, 6) is 3.30. The highest BCUT2D eigenvalue weighted by Gasteiger charge is 2.30. The second-order valence-electron chi connectivity index (χ2n) is 39.5. The van der Waals surface area contributed by atoms with Crippen LogP contribution in [0.15, 0.2) is 72.8 Å². The fourth-order valence-corrected chi connectivity index (χ4v) is 23.9. The van der Waals surface area contributed by atoms with Crippen LogP contribution < -0.4 is 29.2 Å². The van der Waals surface area contributed by atoms with Gasteiger partial charge in [-0.2, -0.15) is 0 Å². The summed E-state index contributed by atoms with van der Waals surface area (Å²) in [6.07, 6.45) is 41.4. The number of anilines is 5. The Morgan fingerprint density at radius 2 is 0.549 bits per heavy atom. The second kappa shape index (κ2) is 68.1. The highest BCUT2D eigenvalue weighted by molar-refractivity contribution is 7.19. The number of methoxy groups -OCH3 is 1. The van der Waals surface area contributed by atoms with E-state index in [0.717, 1.165) is 265 Å². The third-order valence-corrected chi connectivity index (χ3v) is 33.1. The number of ether oxygens (including phenoxy) is 1. The molecular formula is C122H184N10O7S5. The number of rotatable bonds is 62. The molecule has 0 aliphatic heterocycles. The van der Waals surface area contributed by atoms with Crippen LogP contribution in [0.4, 0.5) is 25.7 Å². The highest BCUT2D eigenvalue weighted by Crippen LogP contribution is 2.45. The van der Waals surface area contributed by atoms with Crippen molar-refractivity contribution in [2.24, 2.45) is 23.7 Å². The van der Waals surface area contributed by atoms with Crippen molar-refractivity contribution in [1.29, 1.82) is 0 Å². The van der Waals surface area contributed by atoms with E-state index in [0.29, 0.717) is 51.1 Å². The van der Waals surface area contributed by atoms with E-state index in [1.165, 1.54) is 205 Å². The van der Waals surface area contributed by atoms with Crippen molar-refractivity contribution >= 4 is 114 Å². The molecule has 0 aliphatic carbocycles. The van der Waals surface area contributed by atoms with Crippen LogP contribution in [0.5, 0.6) is 5.75 Å². The van der Waals surface area contributed by atoms with Gasteiger partial charge >= 0.3 is 0 Å². The van der Waals surface area contributed by atoms with Crippen LogP contribution >= 0.6 is 56.7 Å². The minimum absolute atomic E-state index is 0.132. The summed E-state index contributed by atoms with van der Waals surface area (Å²) >= 11 is 7.66. The number of carbonyl (C=O) groups is 5. The lowest BCUT2D eigenvalue weighted by atomic mass is 9.91. The zero-order valence-electron chi connectivity index (χ0n) is 93.7. The molecule has 0 aliphatic rings. The molecule has 4 atom stereocenters. The molecule has 22 heteroatoms. The summed E-state index contributed by atoms with van der Waals surface area (Å²) in [7, 11) is 1.59. The van der Waals surface area contributed by atoms with E-state index in [1.807, 2.05) is 18.2 Å². The first kappa shape index (κ1) is 124. The van der Waals surface area contributed by atoms with Crippen molar-refractivity contribution in [2.45, 2.75) is 379 Å². The normalized spacial score (nSPS) is 11.9. The number of benzene rings is 5. The first-order valence-electron chi connectivity index (χ1n) is 55.4. The predicted molar refractivity (Wildman–Crippen MR) is 627 cm³/mol. The van der Waals surface area contributed by atoms with Gasteiger partial charge in [0.25, 0.3) is 0 Å². The maximum Gasteiger partial charge on any atom is 0.186 e. The van der Waals surface area contributed by atoms with Crippen molar-refractivity contribution in [2.75, 3.05) is 97.1 Å². The largest absolute Gasteiger partial charge is 0.496 e. The molecule has 4 unspecified atom stereocenters. The molecule has 10 rings (SSSR count). The maximum atomic E-state index is 12.1. The molecule has 0 fully saturated rings. The molecule has 0 saturated heterocycles. The Bertz CT molecular complexity index is 5250. The fourth-order valence-electron chi connectivity index (χ4n) is 19.3. The number of aryl methyl sites for hydroxylation is 11. The molecule has 794 valence electrons. The first-order chi connectivity index (χ1) is 69.7. The molecule has 5 aromatic heterocycles. The van der Waals surface area contributed by atoms with E-state index in [4.69, 9.17) is 29.7 Å². The summed E-state index contributed by atoms with van der Waals surface area (Å²) in [4.78, 5) is 100. The van der Waals surface area contributed by atoms with Crippen LogP contribution in [-0.2, 0) is 25.9 Å². The average Bonchev–Trinajstić information content (AvgIpc) is 1.56. The summed E-state index contributed by atoms with van der Waals surface area (Å²) in [6, 6.07) is 25.1. The molecule has 1 N–H and O–H groups in total. The lowest BCUT2D eigenvalue weighted by Crippen LogP contribution is -2.34. The molecule has 144 heavy (non-hydrogen) atoms. The van der Waals surface area contributed by atoms with Crippen LogP contribution in [0.25, 0.3) is 56.3 Å². The van der Waals surface area contributed by atoms with Crippen molar-refractivity contribution < 1.29 is 33.8 Å². The Labute approximate surface area is 891 Å². The summed E-state index contributed by atoms with van der Waals surface area (Å²) in [5, 5.41) is 14.6. The van der Waals surface area contributed by atoms with Gasteiger partial charge in [-0.1, -0.05) is 368 Å². The lowest BCUT2D eigenvalue weighted by molar-refractivity contribution is 0.111. The molecule has 17 nitrogen and oxygen atoms in total. The van der Waals surface area contributed by atoms with Crippen LogP contribution in [0, 0.1) is 79.1 Å². The van der Waals surface area contributed by atoms with Crippen LogP contribution in [0.2, 0.25) is 0 Å². The molecule has 0 radical (unpaired) electrons. The molecule has 0 amide bonds. The van der Waals surface area contributed by atoms with Gasteiger partial charge in [0, 0.05) is 93.3 Å². The Kier molecular flexibility index (Phi) is 58.6. The molecule has 5 heterocycles. The standard InChI is InChI=1S/C29H46N2OS.C28H44N2OS.C24H36N2OS.C21H30N2OS.C20H28N2O3S/c1-8-12-14-24(10-3)18-31(19-25(11-4)15-13-9-2)29-30-28(26(20-32)33-29)27-22(6)16-21(5)17-23(27)7;1-7-11-16-23(9-3)18-30(19-24(10-4)17-12-8-2)28-29-27(25(20-31)32-28)26-21(5)14-13-15-22(26)6;1-6-11-13-26(14-12-7-2)24-25-23(21(17-27)28-24)22-19(9-4)15-18(8-3)16-20(22)10-5;1-6-8-10-23(11-9-7-2)21-22-20(18(14-24)25-21)19-16(4)12-15(3)13-17(19)5;1-4-6-11-22(12-7-5-2)20-21-19(17(14-24)26-20)18-15(13-23)9-8-10-16(18)25-3/h16-17,20,24-25H,8-15,18-19H2,1-7H3;13-15,20,23-24H,7-12,16-19H2,1-6H3;15-17H,6-14H2,1-5H3;12-14H,6-11H2,1-5H3;8-10,14,23H,4-7,11-13H2,1-3H3. The zero-order valence-corrected chi connectivity index (χ0v) is 97.8. The number of aliphatic hydroxyl groups is 1. The lowest BCUT2D eigenvalue weighted by Gasteiger charge is -2.30. The SMILES string of the molecule is CCCCC(CC)CN(CC(CC)CCCC)c1nc(-c2c(C)cc(C)cc2C)c(C=O)s1.CCCCC(CC)CN(CC(CC)CCCC)c1nc(-c2c(C)cccc2C)c(C=O)s1.CCCCN(CCCC)c1nc(-c2c(C)cc(C)cc2C)c(C=O)s1.CCCCN(CCCC)c1nc(-c2c(CC)cc(CC)cc2CC)c(C=O)s1.CCCCN(CCCC)c1nc(-c2c(CO)cccc2OC)c(C=O)s1. The van der Waals surface area contributed by atoms with E-state index in [-0.39, 0.29) is 6.61 Å². The number of unbranched alkanes of at least 4 members (excludes halogenated alkanes) is 10. The Balaban J connectivity index is 0.000000276. The molecule has 0 bridgehead atoms. The van der Waals surface area contributed by atoms with E-state index in [2.05, 4.69) is 252 Å². The molecule has 5 aromatic carbocycles.